The Bertz CT molecular complexity index is 965. The molecule has 0 fully saturated rings. The number of halogens is 1. The van der Waals surface area contributed by atoms with Gasteiger partial charge in [0.25, 0.3) is 0 Å². The highest BCUT2D eigenvalue weighted by Gasteiger charge is 2.20. The number of carbonyl (C=O) groups is 1. The van der Waals surface area contributed by atoms with E-state index in [1.54, 1.807) is 19.1 Å². The highest BCUT2D eigenvalue weighted by molar-refractivity contribution is 8.00. The van der Waals surface area contributed by atoms with Gasteiger partial charge in [0, 0.05) is 5.69 Å². The van der Waals surface area contributed by atoms with Crippen LogP contribution in [-0.4, -0.2) is 31.4 Å². The average Bonchev–Trinajstić information content (AvgIpc) is 3.06. The summed E-state index contributed by atoms with van der Waals surface area (Å²) >= 11 is 1.21. The number of carbonyl (C=O) groups excluding carboxylic acids is 1. The summed E-state index contributed by atoms with van der Waals surface area (Å²) in [7, 11) is 0. The summed E-state index contributed by atoms with van der Waals surface area (Å²) in [5.41, 5.74) is 4.51. The first-order valence-corrected chi connectivity index (χ1v) is 9.33. The zero-order valence-corrected chi connectivity index (χ0v) is 16.3. The SMILES string of the molecule is Cc1cc(C)c(NC(=O)[C@@H](C)Sc2nnnn2-c2cccc(F)c2)c(C)c1. The molecule has 0 spiro atoms. The third-order valence-corrected chi connectivity index (χ3v) is 5.10. The van der Waals surface area contributed by atoms with Crippen molar-refractivity contribution in [1.29, 1.82) is 0 Å². The Morgan fingerprint density at radius 1 is 1.19 bits per heavy atom. The molecule has 3 rings (SSSR count). The minimum Gasteiger partial charge on any atom is -0.325 e. The molecule has 8 heteroatoms. The van der Waals surface area contributed by atoms with Crippen LogP contribution in [0.15, 0.2) is 41.6 Å². The molecule has 1 heterocycles. The number of hydrogen-bond acceptors (Lipinski definition) is 5. The van der Waals surface area contributed by atoms with Crippen molar-refractivity contribution in [1.82, 2.24) is 20.2 Å². The maximum atomic E-state index is 13.5. The maximum Gasteiger partial charge on any atom is 0.237 e. The van der Waals surface area contributed by atoms with E-state index in [0.717, 1.165) is 22.4 Å². The van der Waals surface area contributed by atoms with Crippen LogP contribution < -0.4 is 5.32 Å². The number of aromatic nitrogens is 4. The molecule has 6 nitrogen and oxygen atoms in total. The molecule has 140 valence electrons. The number of benzene rings is 2. The van der Waals surface area contributed by atoms with Gasteiger partial charge in [-0.1, -0.05) is 35.5 Å². The summed E-state index contributed by atoms with van der Waals surface area (Å²) in [6.07, 6.45) is 0. The number of aryl methyl sites for hydroxylation is 3. The van der Waals surface area contributed by atoms with Gasteiger partial charge >= 0.3 is 0 Å². The summed E-state index contributed by atoms with van der Waals surface area (Å²) in [5.74, 6) is -0.529. The second-order valence-electron chi connectivity index (χ2n) is 6.38. The van der Waals surface area contributed by atoms with Crippen LogP contribution in [0.5, 0.6) is 0 Å². The summed E-state index contributed by atoms with van der Waals surface area (Å²) < 4.78 is 14.9. The zero-order chi connectivity index (χ0) is 19.6. The van der Waals surface area contributed by atoms with E-state index in [1.165, 1.54) is 28.6 Å². The van der Waals surface area contributed by atoms with Crippen LogP contribution in [-0.2, 0) is 4.79 Å². The standard InChI is InChI=1S/C19H20FN5OS/c1-11-8-12(2)17(13(3)9-11)21-18(26)14(4)27-19-22-23-24-25(19)16-7-5-6-15(20)10-16/h5-10,14H,1-4H3,(H,21,26)/t14-/m1/s1. The van der Waals surface area contributed by atoms with E-state index in [0.29, 0.717) is 10.8 Å². The lowest BCUT2D eigenvalue weighted by Gasteiger charge is -2.16. The maximum absolute atomic E-state index is 13.5. The van der Waals surface area contributed by atoms with Crippen LogP contribution >= 0.6 is 11.8 Å². The van der Waals surface area contributed by atoms with Crippen LogP contribution in [0.2, 0.25) is 0 Å². The van der Waals surface area contributed by atoms with Crippen molar-refractivity contribution in [2.24, 2.45) is 0 Å². The number of amides is 1. The fraction of sp³-hybridized carbons (Fsp3) is 0.263. The lowest BCUT2D eigenvalue weighted by atomic mass is 10.1. The molecule has 3 aromatic rings. The molecule has 1 N–H and O–H groups in total. The van der Waals surface area contributed by atoms with Gasteiger partial charge in [0.05, 0.1) is 10.9 Å². The molecule has 0 aliphatic carbocycles. The molecule has 1 atom stereocenters. The number of rotatable bonds is 5. The van der Waals surface area contributed by atoms with Gasteiger partial charge in [-0.3, -0.25) is 4.79 Å². The van der Waals surface area contributed by atoms with Crippen molar-refractivity contribution in [3.8, 4) is 5.69 Å². The van der Waals surface area contributed by atoms with Crippen molar-refractivity contribution in [3.63, 3.8) is 0 Å². The minimum absolute atomic E-state index is 0.149. The van der Waals surface area contributed by atoms with E-state index in [1.807, 2.05) is 32.9 Å². The van der Waals surface area contributed by atoms with Gasteiger partial charge < -0.3 is 5.32 Å². The van der Waals surface area contributed by atoms with Gasteiger partial charge in [-0.05, 0) is 67.4 Å². The first-order chi connectivity index (χ1) is 12.8. The fourth-order valence-corrected chi connectivity index (χ4v) is 3.64. The average molecular weight is 385 g/mol. The molecule has 0 bridgehead atoms. The predicted octanol–water partition coefficient (Wildman–Crippen LogP) is 3.85. The van der Waals surface area contributed by atoms with Gasteiger partial charge in [0.1, 0.15) is 5.82 Å². The molecule has 0 saturated carbocycles. The fourth-order valence-electron chi connectivity index (χ4n) is 2.84. The van der Waals surface area contributed by atoms with Crippen molar-refractivity contribution in [3.05, 3.63) is 58.9 Å². The minimum atomic E-state index is -0.441. The number of nitrogens with zero attached hydrogens (tertiary/aromatic N) is 4. The van der Waals surface area contributed by atoms with E-state index in [-0.39, 0.29) is 11.7 Å². The lowest BCUT2D eigenvalue weighted by molar-refractivity contribution is -0.115. The van der Waals surface area contributed by atoms with Crippen LogP contribution in [0, 0.1) is 26.6 Å². The van der Waals surface area contributed by atoms with Crippen molar-refractivity contribution >= 4 is 23.4 Å². The quantitative estimate of drug-likeness (QED) is 0.676. The largest absolute Gasteiger partial charge is 0.325 e. The van der Waals surface area contributed by atoms with E-state index in [2.05, 4.69) is 20.8 Å². The van der Waals surface area contributed by atoms with E-state index in [4.69, 9.17) is 0 Å². The molecule has 1 aromatic heterocycles. The van der Waals surface area contributed by atoms with E-state index in [9.17, 15) is 9.18 Å². The Kier molecular flexibility index (Phi) is 5.55. The predicted molar refractivity (Wildman–Crippen MR) is 104 cm³/mol. The molecule has 1 amide bonds. The number of hydrogen-bond donors (Lipinski definition) is 1. The normalized spacial score (nSPS) is 12.0. The Morgan fingerprint density at radius 2 is 1.89 bits per heavy atom. The summed E-state index contributed by atoms with van der Waals surface area (Å²) in [5, 5.41) is 14.5. The van der Waals surface area contributed by atoms with Crippen LogP contribution in [0.25, 0.3) is 5.69 Å². The van der Waals surface area contributed by atoms with Gasteiger partial charge in [0.15, 0.2) is 0 Å². The molecule has 27 heavy (non-hydrogen) atoms. The third-order valence-electron chi connectivity index (χ3n) is 4.07. The van der Waals surface area contributed by atoms with Crippen molar-refractivity contribution in [2.75, 3.05) is 5.32 Å². The molecule has 0 unspecified atom stereocenters. The number of thioether (sulfide) groups is 1. The second kappa shape index (κ2) is 7.87. The molecular weight excluding hydrogens is 365 g/mol. The molecule has 0 radical (unpaired) electrons. The Morgan fingerprint density at radius 3 is 2.56 bits per heavy atom. The van der Waals surface area contributed by atoms with Crippen LogP contribution in [0.4, 0.5) is 10.1 Å². The molecule has 2 aromatic carbocycles. The number of tetrazole rings is 1. The van der Waals surface area contributed by atoms with Crippen LogP contribution in [0.1, 0.15) is 23.6 Å². The Hall–Kier alpha value is -2.74. The van der Waals surface area contributed by atoms with Gasteiger partial charge in [-0.2, -0.15) is 4.68 Å². The third kappa shape index (κ3) is 4.33. The molecule has 0 saturated heterocycles. The van der Waals surface area contributed by atoms with Crippen molar-refractivity contribution in [2.45, 2.75) is 38.1 Å². The van der Waals surface area contributed by atoms with E-state index >= 15 is 0 Å². The molecule has 0 aliphatic heterocycles. The monoisotopic (exact) mass is 385 g/mol. The first-order valence-electron chi connectivity index (χ1n) is 8.45. The summed E-state index contributed by atoms with van der Waals surface area (Å²) in [6.45, 7) is 7.75. The summed E-state index contributed by atoms with van der Waals surface area (Å²) in [6, 6.07) is 10.0. The number of nitrogens with one attached hydrogen (secondary N) is 1. The summed E-state index contributed by atoms with van der Waals surface area (Å²) in [4.78, 5) is 12.7. The van der Waals surface area contributed by atoms with Crippen LogP contribution in [0.3, 0.4) is 0 Å². The first kappa shape index (κ1) is 19.0. The molecule has 0 aliphatic rings. The molecular formula is C19H20FN5OS. The smallest absolute Gasteiger partial charge is 0.237 e. The van der Waals surface area contributed by atoms with Gasteiger partial charge in [-0.25, -0.2) is 4.39 Å². The van der Waals surface area contributed by atoms with E-state index < -0.39 is 5.25 Å². The van der Waals surface area contributed by atoms with Gasteiger partial charge in [0.2, 0.25) is 11.1 Å². The topological polar surface area (TPSA) is 72.7 Å². The lowest BCUT2D eigenvalue weighted by Crippen LogP contribution is -2.24. The number of anilines is 1. The Labute approximate surface area is 161 Å². The highest BCUT2D eigenvalue weighted by atomic mass is 32.2. The van der Waals surface area contributed by atoms with Crippen molar-refractivity contribution < 1.29 is 9.18 Å². The van der Waals surface area contributed by atoms with Gasteiger partial charge in [-0.15, -0.1) is 5.10 Å². The highest BCUT2D eigenvalue weighted by Crippen LogP contribution is 2.26. The Balaban J connectivity index is 1.76. The zero-order valence-electron chi connectivity index (χ0n) is 15.5. The second-order valence-corrected chi connectivity index (χ2v) is 7.68.